The monoisotopic (exact) mass is 408 g/mol. The van der Waals surface area contributed by atoms with Gasteiger partial charge < -0.3 is 0 Å². The molecule has 0 aliphatic carbocycles. The smallest absolute Gasteiger partial charge is 0.266 e. The molecule has 0 bridgehead atoms. The van der Waals surface area contributed by atoms with Crippen LogP contribution in [-0.4, -0.2) is 11.7 Å². The van der Waals surface area contributed by atoms with Gasteiger partial charge in [0.2, 0.25) is 0 Å². The number of amides is 1. The van der Waals surface area contributed by atoms with Gasteiger partial charge in [-0.3, -0.25) is 9.69 Å². The van der Waals surface area contributed by atoms with Crippen LogP contribution in [0, 0.1) is 0 Å². The van der Waals surface area contributed by atoms with Crippen molar-refractivity contribution in [1.82, 2.24) is 0 Å². The topological polar surface area (TPSA) is 32.7 Å². The Hall–Kier alpha value is -3.69. The number of rotatable bonds is 3. The molecule has 1 amide bonds. The van der Waals surface area contributed by atoms with Crippen LogP contribution in [-0.2, 0) is 4.79 Å². The van der Waals surface area contributed by atoms with E-state index >= 15 is 0 Å². The Morgan fingerprint density at radius 2 is 1.47 bits per heavy atom. The first kappa shape index (κ1) is 18.3. The van der Waals surface area contributed by atoms with E-state index in [0.717, 1.165) is 27.6 Å². The number of carbonyl (C=O) groups is 1. The van der Waals surface area contributed by atoms with Gasteiger partial charge in [0.1, 0.15) is 11.5 Å². The van der Waals surface area contributed by atoms with Crippen LogP contribution in [0.2, 0.25) is 5.02 Å². The van der Waals surface area contributed by atoms with Crippen LogP contribution in [0.3, 0.4) is 0 Å². The molecule has 0 spiro atoms. The van der Waals surface area contributed by atoms with Crippen LogP contribution >= 0.6 is 11.6 Å². The minimum absolute atomic E-state index is 0.163. The lowest BCUT2D eigenvalue weighted by Crippen LogP contribution is -2.32. The fourth-order valence-electron chi connectivity index (χ4n) is 3.65. The zero-order valence-corrected chi connectivity index (χ0v) is 16.8. The van der Waals surface area contributed by atoms with Gasteiger partial charge in [0.25, 0.3) is 5.91 Å². The lowest BCUT2D eigenvalue weighted by molar-refractivity contribution is -0.113. The first-order valence-electron chi connectivity index (χ1n) is 9.64. The first-order valence-corrected chi connectivity index (χ1v) is 10.0. The number of halogens is 1. The number of hydrogen-bond acceptors (Lipinski definition) is 2. The molecular weight excluding hydrogens is 392 g/mol. The van der Waals surface area contributed by atoms with Crippen molar-refractivity contribution < 1.29 is 4.79 Å². The fraction of sp³-hybridized carbons (Fsp3) is 0. The van der Waals surface area contributed by atoms with Crippen molar-refractivity contribution >= 4 is 45.9 Å². The third-order valence-electron chi connectivity index (χ3n) is 5.09. The van der Waals surface area contributed by atoms with Crippen LogP contribution in [0.1, 0.15) is 11.1 Å². The van der Waals surface area contributed by atoms with E-state index in [2.05, 4.69) is 18.2 Å². The summed E-state index contributed by atoms with van der Waals surface area (Å²) in [4.78, 5) is 19.8. The number of amidine groups is 1. The van der Waals surface area contributed by atoms with E-state index in [1.54, 1.807) is 17.0 Å². The SMILES string of the molecule is O=C1/C(=C\c2cccc3ccccc23)N=C(c2ccccc2)N1c1ccc(Cl)cc1. The number of nitrogens with zero attached hydrogens (tertiary/aromatic N) is 2. The molecule has 4 aromatic rings. The fourth-order valence-corrected chi connectivity index (χ4v) is 3.78. The van der Waals surface area contributed by atoms with Crippen LogP contribution in [0.5, 0.6) is 0 Å². The van der Waals surface area contributed by atoms with Gasteiger partial charge in [0.15, 0.2) is 0 Å². The number of carbonyl (C=O) groups excluding carboxylic acids is 1. The Balaban J connectivity index is 1.66. The highest BCUT2D eigenvalue weighted by molar-refractivity contribution is 6.34. The Bertz CT molecular complexity index is 1300. The molecule has 1 heterocycles. The van der Waals surface area contributed by atoms with Gasteiger partial charge in [0, 0.05) is 10.6 Å². The van der Waals surface area contributed by atoms with Gasteiger partial charge in [-0.2, -0.15) is 0 Å². The normalized spacial score (nSPS) is 15.1. The molecule has 0 aromatic heterocycles. The summed E-state index contributed by atoms with van der Waals surface area (Å²) in [5, 5.41) is 2.83. The molecule has 1 aliphatic heterocycles. The van der Waals surface area contributed by atoms with Crippen molar-refractivity contribution in [3.05, 3.63) is 119 Å². The molecule has 0 N–H and O–H groups in total. The Morgan fingerprint density at radius 3 is 2.27 bits per heavy atom. The Labute approximate surface area is 179 Å². The Kier molecular flexibility index (Phi) is 4.66. The average molecular weight is 409 g/mol. The van der Waals surface area contributed by atoms with E-state index in [1.807, 2.05) is 72.8 Å². The van der Waals surface area contributed by atoms with E-state index in [-0.39, 0.29) is 5.91 Å². The zero-order valence-electron chi connectivity index (χ0n) is 16.0. The van der Waals surface area contributed by atoms with Crippen LogP contribution in [0.25, 0.3) is 16.8 Å². The summed E-state index contributed by atoms with van der Waals surface area (Å²) in [6.45, 7) is 0. The minimum atomic E-state index is -0.163. The molecule has 0 radical (unpaired) electrons. The third kappa shape index (κ3) is 3.30. The van der Waals surface area contributed by atoms with Crippen molar-refractivity contribution in [2.24, 2.45) is 4.99 Å². The second-order valence-electron chi connectivity index (χ2n) is 7.02. The quantitative estimate of drug-likeness (QED) is 0.365. The van der Waals surface area contributed by atoms with Gasteiger partial charge in [-0.1, -0.05) is 84.4 Å². The number of fused-ring (bicyclic) bond motifs is 1. The molecular formula is C26H17ClN2O. The maximum Gasteiger partial charge on any atom is 0.282 e. The van der Waals surface area contributed by atoms with E-state index in [9.17, 15) is 4.79 Å². The van der Waals surface area contributed by atoms with Crippen molar-refractivity contribution in [3.8, 4) is 0 Å². The van der Waals surface area contributed by atoms with Gasteiger partial charge in [-0.15, -0.1) is 0 Å². The van der Waals surface area contributed by atoms with Crippen LogP contribution < -0.4 is 4.90 Å². The summed E-state index contributed by atoms with van der Waals surface area (Å²) in [7, 11) is 0. The van der Waals surface area contributed by atoms with Gasteiger partial charge in [-0.25, -0.2) is 4.99 Å². The first-order chi connectivity index (χ1) is 14.7. The second kappa shape index (κ2) is 7.62. The summed E-state index contributed by atoms with van der Waals surface area (Å²) >= 11 is 6.05. The van der Waals surface area contributed by atoms with Crippen molar-refractivity contribution in [3.63, 3.8) is 0 Å². The molecule has 30 heavy (non-hydrogen) atoms. The van der Waals surface area contributed by atoms with Crippen molar-refractivity contribution in [2.75, 3.05) is 4.90 Å². The molecule has 0 saturated heterocycles. The zero-order chi connectivity index (χ0) is 20.5. The molecule has 0 fully saturated rings. The summed E-state index contributed by atoms with van der Waals surface area (Å²) in [6.07, 6.45) is 1.86. The maximum absolute atomic E-state index is 13.4. The third-order valence-corrected chi connectivity index (χ3v) is 5.34. The summed E-state index contributed by atoms with van der Waals surface area (Å²) in [5.74, 6) is 0.443. The highest BCUT2D eigenvalue weighted by Crippen LogP contribution is 2.30. The highest BCUT2D eigenvalue weighted by atomic mass is 35.5. The average Bonchev–Trinajstić information content (AvgIpc) is 3.11. The predicted molar refractivity (Wildman–Crippen MR) is 124 cm³/mol. The van der Waals surface area contributed by atoms with Crippen LogP contribution in [0.15, 0.2) is 108 Å². The molecule has 1 aliphatic rings. The van der Waals surface area contributed by atoms with Gasteiger partial charge in [-0.05, 0) is 46.7 Å². The van der Waals surface area contributed by atoms with E-state index in [1.165, 1.54) is 0 Å². The molecule has 4 aromatic carbocycles. The number of benzene rings is 4. The second-order valence-corrected chi connectivity index (χ2v) is 7.45. The van der Waals surface area contributed by atoms with E-state index in [4.69, 9.17) is 16.6 Å². The summed E-state index contributed by atoms with van der Waals surface area (Å²) < 4.78 is 0. The standard InChI is InChI=1S/C26H17ClN2O/c27-21-13-15-22(16-14-21)29-25(19-8-2-1-3-9-19)28-24(26(29)30)17-20-11-6-10-18-7-4-5-12-23(18)20/h1-17H/b24-17+. The molecule has 3 nitrogen and oxygen atoms in total. The number of anilines is 1. The van der Waals surface area contributed by atoms with Crippen molar-refractivity contribution in [2.45, 2.75) is 0 Å². The number of aliphatic imine (C=N–C) groups is 1. The van der Waals surface area contributed by atoms with Crippen molar-refractivity contribution in [1.29, 1.82) is 0 Å². The molecule has 5 rings (SSSR count). The molecule has 0 unspecified atom stereocenters. The molecule has 0 atom stereocenters. The van der Waals surface area contributed by atoms with E-state index < -0.39 is 0 Å². The number of hydrogen-bond donors (Lipinski definition) is 0. The van der Waals surface area contributed by atoms with E-state index in [0.29, 0.717) is 16.6 Å². The minimum Gasteiger partial charge on any atom is -0.266 e. The molecule has 144 valence electrons. The summed E-state index contributed by atoms with van der Waals surface area (Å²) in [6, 6.07) is 31.1. The van der Waals surface area contributed by atoms with Gasteiger partial charge >= 0.3 is 0 Å². The lowest BCUT2D eigenvalue weighted by atomic mass is 10.0. The maximum atomic E-state index is 13.4. The highest BCUT2D eigenvalue weighted by Gasteiger charge is 2.32. The van der Waals surface area contributed by atoms with Crippen LogP contribution in [0.4, 0.5) is 5.69 Å². The van der Waals surface area contributed by atoms with Gasteiger partial charge in [0.05, 0.1) is 5.69 Å². The predicted octanol–water partition coefficient (Wildman–Crippen LogP) is 6.33. The lowest BCUT2D eigenvalue weighted by Gasteiger charge is -2.18. The molecule has 4 heteroatoms. The molecule has 0 saturated carbocycles. The largest absolute Gasteiger partial charge is 0.282 e. The summed E-state index contributed by atoms with van der Waals surface area (Å²) in [5.41, 5.74) is 2.97. The Morgan fingerprint density at radius 1 is 0.767 bits per heavy atom.